The summed E-state index contributed by atoms with van der Waals surface area (Å²) in [5.74, 6) is 2.35. The molecule has 7 heteroatoms. The Bertz CT molecular complexity index is 1350. The van der Waals surface area contributed by atoms with E-state index in [4.69, 9.17) is 19.3 Å². The zero-order valence-electron chi connectivity index (χ0n) is 17.2. The second kappa shape index (κ2) is 8.28. The number of benzene rings is 3. The first-order chi connectivity index (χ1) is 15.2. The molecule has 0 N–H and O–H groups in total. The summed E-state index contributed by atoms with van der Waals surface area (Å²) in [4.78, 5) is 5.47. The summed E-state index contributed by atoms with van der Waals surface area (Å²) >= 11 is 1.58. The summed E-state index contributed by atoms with van der Waals surface area (Å²) in [6, 6.07) is 18.3. The molecule has 3 aromatic carbocycles. The summed E-state index contributed by atoms with van der Waals surface area (Å²) in [5.41, 5.74) is 3.00. The van der Waals surface area contributed by atoms with Crippen LogP contribution in [0.5, 0.6) is 17.2 Å². The van der Waals surface area contributed by atoms with Crippen molar-refractivity contribution in [3.63, 3.8) is 0 Å². The van der Waals surface area contributed by atoms with Crippen LogP contribution < -0.4 is 19.0 Å². The Morgan fingerprint density at radius 2 is 1.87 bits per heavy atom. The van der Waals surface area contributed by atoms with Gasteiger partial charge in [0.15, 0.2) is 11.5 Å². The van der Waals surface area contributed by atoms with E-state index in [0.717, 1.165) is 49.6 Å². The highest BCUT2D eigenvalue weighted by molar-refractivity contribution is 7.07. The van der Waals surface area contributed by atoms with Crippen molar-refractivity contribution in [3.05, 3.63) is 70.3 Å². The van der Waals surface area contributed by atoms with Crippen LogP contribution in [0, 0.1) is 0 Å². The summed E-state index contributed by atoms with van der Waals surface area (Å²) in [7, 11) is 1.68. The molecule has 0 saturated heterocycles. The van der Waals surface area contributed by atoms with Crippen LogP contribution in [-0.2, 0) is 0 Å². The molecule has 0 saturated carbocycles. The lowest BCUT2D eigenvalue weighted by Gasteiger charge is -2.07. The van der Waals surface area contributed by atoms with Gasteiger partial charge in [0.2, 0.25) is 11.6 Å². The number of hydrogen-bond acceptors (Lipinski definition) is 6. The van der Waals surface area contributed by atoms with Gasteiger partial charge in [-0.15, -0.1) is 11.3 Å². The first kappa shape index (κ1) is 19.4. The Morgan fingerprint density at radius 3 is 2.74 bits per heavy atom. The molecule has 31 heavy (non-hydrogen) atoms. The molecule has 156 valence electrons. The summed E-state index contributed by atoms with van der Waals surface area (Å²) in [5, 5.41) is 9.12. The molecule has 0 aliphatic carbocycles. The molecule has 2 heterocycles. The van der Waals surface area contributed by atoms with Crippen LogP contribution in [0.3, 0.4) is 0 Å². The van der Waals surface area contributed by atoms with Crippen LogP contribution in [0.25, 0.3) is 22.0 Å². The molecule has 0 atom stereocenters. The monoisotopic (exact) mass is 431 g/mol. The van der Waals surface area contributed by atoms with E-state index in [0.29, 0.717) is 6.54 Å². The van der Waals surface area contributed by atoms with E-state index in [9.17, 15) is 0 Å². The van der Waals surface area contributed by atoms with Crippen molar-refractivity contribution in [2.45, 2.75) is 6.92 Å². The number of thiazole rings is 1. The Labute approximate surface area is 183 Å². The van der Waals surface area contributed by atoms with Gasteiger partial charge >= 0.3 is 0 Å². The van der Waals surface area contributed by atoms with Crippen molar-refractivity contribution in [2.75, 3.05) is 20.4 Å². The number of ether oxygens (including phenoxy) is 3. The van der Waals surface area contributed by atoms with Gasteiger partial charge in [-0.2, -0.15) is 5.10 Å². The van der Waals surface area contributed by atoms with Crippen LogP contribution in [-0.4, -0.2) is 31.3 Å². The predicted molar refractivity (Wildman–Crippen MR) is 123 cm³/mol. The quantitative estimate of drug-likeness (QED) is 0.422. The van der Waals surface area contributed by atoms with Gasteiger partial charge in [-0.05, 0) is 59.7 Å². The SMILES string of the molecule is CCN=c1scc(-c2ccc3cc(OC)ccc3c2)n1N=Cc1ccc2c(c1)OCO2. The van der Waals surface area contributed by atoms with Gasteiger partial charge in [-0.25, -0.2) is 4.68 Å². The van der Waals surface area contributed by atoms with Crippen molar-refractivity contribution in [3.8, 4) is 28.5 Å². The van der Waals surface area contributed by atoms with Crippen molar-refractivity contribution in [1.82, 2.24) is 4.68 Å². The fraction of sp³-hybridized carbons (Fsp3) is 0.167. The van der Waals surface area contributed by atoms with Gasteiger partial charge in [-0.3, -0.25) is 4.99 Å². The van der Waals surface area contributed by atoms with Gasteiger partial charge in [0.05, 0.1) is 19.0 Å². The third kappa shape index (κ3) is 3.80. The van der Waals surface area contributed by atoms with E-state index in [2.05, 4.69) is 34.6 Å². The van der Waals surface area contributed by atoms with Crippen LogP contribution in [0.2, 0.25) is 0 Å². The lowest BCUT2D eigenvalue weighted by atomic mass is 10.1. The second-order valence-corrected chi connectivity index (χ2v) is 7.81. The molecule has 1 aliphatic heterocycles. The minimum absolute atomic E-state index is 0.257. The van der Waals surface area contributed by atoms with Crippen LogP contribution in [0.1, 0.15) is 12.5 Å². The molecule has 0 bridgehead atoms. The number of hydrogen-bond donors (Lipinski definition) is 0. The molecule has 0 radical (unpaired) electrons. The van der Waals surface area contributed by atoms with Gasteiger partial charge in [0, 0.05) is 17.5 Å². The van der Waals surface area contributed by atoms with Crippen molar-refractivity contribution in [2.24, 2.45) is 10.1 Å². The maximum absolute atomic E-state index is 5.47. The zero-order valence-corrected chi connectivity index (χ0v) is 18.1. The maximum atomic E-state index is 5.47. The molecule has 5 rings (SSSR count). The Morgan fingerprint density at radius 1 is 1.03 bits per heavy atom. The molecular weight excluding hydrogens is 410 g/mol. The molecule has 1 aromatic heterocycles. The first-order valence-electron chi connectivity index (χ1n) is 9.98. The Kier molecular flexibility index (Phi) is 5.18. The van der Waals surface area contributed by atoms with E-state index < -0.39 is 0 Å². The highest BCUT2D eigenvalue weighted by Gasteiger charge is 2.13. The minimum atomic E-state index is 0.257. The molecule has 0 spiro atoms. The number of methoxy groups -OCH3 is 1. The van der Waals surface area contributed by atoms with Gasteiger partial charge < -0.3 is 14.2 Å². The van der Waals surface area contributed by atoms with Crippen molar-refractivity contribution in [1.29, 1.82) is 0 Å². The number of aromatic nitrogens is 1. The second-order valence-electron chi connectivity index (χ2n) is 6.97. The summed E-state index contributed by atoms with van der Waals surface area (Å²) < 4.78 is 18.1. The maximum Gasteiger partial charge on any atom is 0.231 e. The third-order valence-electron chi connectivity index (χ3n) is 5.04. The molecule has 1 aliphatic rings. The summed E-state index contributed by atoms with van der Waals surface area (Å²) in [6.07, 6.45) is 1.82. The first-order valence-corrected chi connectivity index (χ1v) is 10.9. The average Bonchev–Trinajstić information content (AvgIpc) is 3.43. The average molecular weight is 432 g/mol. The highest BCUT2D eigenvalue weighted by Crippen LogP contribution is 2.32. The van der Waals surface area contributed by atoms with Gasteiger partial charge in [0.1, 0.15) is 5.75 Å². The van der Waals surface area contributed by atoms with Crippen molar-refractivity contribution < 1.29 is 14.2 Å². The highest BCUT2D eigenvalue weighted by atomic mass is 32.1. The number of fused-ring (bicyclic) bond motifs is 2. The smallest absolute Gasteiger partial charge is 0.231 e. The normalized spacial score (nSPS) is 13.4. The zero-order chi connectivity index (χ0) is 21.2. The van der Waals surface area contributed by atoms with Crippen LogP contribution in [0.15, 0.2) is 70.1 Å². The minimum Gasteiger partial charge on any atom is -0.497 e. The Balaban J connectivity index is 1.56. The van der Waals surface area contributed by atoms with Crippen molar-refractivity contribution >= 4 is 28.3 Å². The largest absolute Gasteiger partial charge is 0.497 e. The Hall–Kier alpha value is -3.58. The topological polar surface area (TPSA) is 57.3 Å². The lowest BCUT2D eigenvalue weighted by molar-refractivity contribution is 0.174. The molecule has 0 fully saturated rings. The van der Waals surface area contributed by atoms with Gasteiger partial charge in [-0.1, -0.05) is 18.2 Å². The lowest BCUT2D eigenvalue weighted by Crippen LogP contribution is -2.12. The van der Waals surface area contributed by atoms with E-state index in [1.165, 1.54) is 0 Å². The standard InChI is InChI=1S/C24H21N3O3S/c1-3-25-24-27(26-13-16-4-9-22-23(10-16)30-15-29-22)21(14-31-24)19-6-5-18-12-20(28-2)8-7-17(18)11-19/h4-14H,3,15H2,1-2H3. The number of rotatable bonds is 5. The summed E-state index contributed by atoms with van der Waals surface area (Å²) in [6.45, 7) is 2.97. The molecule has 0 amide bonds. The molecular formula is C24H21N3O3S. The van der Waals surface area contributed by atoms with E-state index >= 15 is 0 Å². The van der Waals surface area contributed by atoms with E-state index in [1.54, 1.807) is 18.4 Å². The molecule has 6 nitrogen and oxygen atoms in total. The van der Waals surface area contributed by atoms with E-state index in [-0.39, 0.29) is 6.79 Å². The van der Waals surface area contributed by atoms with Crippen LogP contribution >= 0.6 is 11.3 Å². The predicted octanol–water partition coefficient (Wildman–Crippen LogP) is 4.91. The van der Waals surface area contributed by atoms with Gasteiger partial charge in [0.25, 0.3) is 0 Å². The van der Waals surface area contributed by atoms with Crippen LogP contribution in [0.4, 0.5) is 0 Å². The number of nitrogens with zero attached hydrogens (tertiary/aromatic N) is 3. The molecule has 4 aromatic rings. The fourth-order valence-corrected chi connectivity index (χ4v) is 4.38. The molecule has 0 unspecified atom stereocenters. The van der Waals surface area contributed by atoms with E-state index in [1.807, 2.05) is 48.1 Å². The third-order valence-corrected chi connectivity index (χ3v) is 5.89. The fourth-order valence-electron chi connectivity index (χ4n) is 3.48.